The third kappa shape index (κ3) is 2.64. The number of likely N-dealkylation sites (tertiary alicyclic amines) is 1. The maximum absolute atomic E-state index is 12.2. The Kier molecular flexibility index (Phi) is 4.24. The number of benzene rings is 1. The summed E-state index contributed by atoms with van der Waals surface area (Å²) in [5.41, 5.74) is 2.07. The number of methoxy groups -OCH3 is 1. The van der Waals surface area contributed by atoms with Crippen LogP contribution in [0.3, 0.4) is 0 Å². The summed E-state index contributed by atoms with van der Waals surface area (Å²) in [6.07, 6.45) is 2.39. The average molecular weight is 299 g/mol. The Morgan fingerprint density at radius 1 is 1.45 bits per heavy atom. The maximum atomic E-state index is 12.2. The van der Waals surface area contributed by atoms with Crippen molar-refractivity contribution in [1.82, 2.24) is 14.5 Å². The van der Waals surface area contributed by atoms with Crippen molar-refractivity contribution in [2.45, 2.75) is 18.9 Å². The minimum absolute atomic E-state index is 0.136. The fourth-order valence-corrected chi connectivity index (χ4v) is 3.09. The first-order valence-electron chi connectivity index (χ1n) is 7.57. The second-order valence-corrected chi connectivity index (χ2v) is 5.59. The van der Waals surface area contributed by atoms with Gasteiger partial charge in [-0.2, -0.15) is 0 Å². The van der Waals surface area contributed by atoms with Crippen LogP contribution in [0.5, 0.6) is 0 Å². The number of hydrogen-bond acceptors (Lipinski definition) is 3. The topological polar surface area (TPSA) is 47.4 Å². The first-order chi connectivity index (χ1) is 10.7. The van der Waals surface area contributed by atoms with E-state index in [4.69, 9.17) is 9.72 Å². The zero-order valence-electron chi connectivity index (χ0n) is 12.9. The predicted molar refractivity (Wildman–Crippen MR) is 85.7 cm³/mol. The molecule has 0 saturated carbocycles. The maximum Gasteiger partial charge on any atom is 0.223 e. The van der Waals surface area contributed by atoms with E-state index in [9.17, 15) is 4.79 Å². The van der Waals surface area contributed by atoms with Crippen molar-refractivity contribution in [2.75, 3.05) is 26.8 Å². The zero-order chi connectivity index (χ0) is 15.5. The third-order valence-corrected chi connectivity index (χ3v) is 4.14. The quantitative estimate of drug-likeness (QED) is 0.768. The van der Waals surface area contributed by atoms with Crippen LogP contribution in [0, 0.1) is 0 Å². The summed E-state index contributed by atoms with van der Waals surface area (Å²) in [5, 5.41) is 0. The molecule has 1 aliphatic rings. The highest BCUT2D eigenvalue weighted by Crippen LogP contribution is 2.30. The number of aromatic nitrogens is 2. The van der Waals surface area contributed by atoms with Gasteiger partial charge in [-0.1, -0.05) is 18.2 Å². The molecule has 116 valence electrons. The molecule has 0 aliphatic carbocycles. The molecule has 1 aliphatic heterocycles. The van der Waals surface area contributed by atoms with Gasteiger partial charge in [-0.3, -0.25) is 4.79 Å². The van der Waals surface area contributed by atoms with Crippen LogP contribution in [0.15, 0.2) is 36.9 Å². The predicted octanol–water partition coefficient (Wildman–Crippen LogP) is 2.18. The molecule has 0 N–H and O–H groups in total. The van der Waals surface area contributed by atoms with Gasteiger partial charge in [0.1, 0.15) is 5.82 Å². The molecule has 1 aromatic heterocycles. The largest absolute Gasteiger partial charge is 0.383 e. The molecule has 0 bridgehead atoms. The normalized spacial score (nSPS) is 18.3. The van der Waals surface area contributed by atoms with Crippen LogP contribution in [-0.4, -0.2) is 47.2 Å². The molecule has 0 radical (unpaired) electrons. The number of hydrogen-bond donors (Lipinski definition) is 0. The Balaban J connectivity index is 1.91. The molecule has 5 nitrogen and oxygen atoms in total. The van der Waals surface area contributed by atoms with Gasteiger partial charge in [-0.25, -0.2) is 4.98 Å². The Bertz CT molecular complexity index is 692. The van der Waals surface area contributed by atoms with Gasteiger partial charge in [0, 0.05) is 39.1 Å². The molecule has 2 aromatic rings. The van der Waals surface area contributed by atoms with E-state index in [0.29, 0.717) is 32.7 Å². The Labute approximate surface area is 130 Å². The molecule has 1 amide bonds. The number of carbonyl (C=O) groups excluding carboxylic acids is 1. The van der Waals surface area contributed by atoms with Crippen molar-refractivity contribution in [2.24, 2.45) is 0 Å². The summed E-state index contributed by atoms with van der Waals surface area (Å²) in [5.74, 6) is 1.30. The minimum atomic E-state index is 0.136. The van der Waals surface area contributed by atoms with Gasteiger partial charge < -0.3 is 14.2 Å². The summed E-state index contributed by atoms with van der Waals surface area (Å²) in [6.45, 7) is 6.47. The first kappa shape index (κ1) is 14.8. The number of amides is 1. The summed E-state index contributed by atoms with van der Waals surface area (Å²) in [6, 6.07) is 8.08. The smallest absolute Gasteiger partial charge is 0.223 e. The van der Waals surface area contributed by atoms with Crippen LogP contribution in [0.4, 0.5) is 0 Å². The molecular formula is C17H21N3O2. The van der Waals surface area contributed by atoms with E-state index in [1.807, 2.05) is 29.2 Å². The van der Waals surface area contributed by atoms with E-state index < -0.39 is 0 Å². The zero-order valence-corrected chi connectivity index (χ0v) is 12.9. The molecule has 1 saturated heterocycles. The highest BCUT2D eigenvalue weighted by Gasteiger charge is 2.33. The lowest BCUT2D eigenvalue weighted by atomic mass is 10.1. The van der Waals surface area contributed by atoms with Crippen LogP contribution in [-0.2, 0) is 16.1 Å². The number of carbonyl (C=O) groups is 1. The molecular weight excluding hydrogens is 278 g/mol. The summed E-state index contributed by atoms with van der Waals surface area (Å²) in [4.78, 5) is 18.8. The number of para-hydroxylation sites is 2. The third-order valence-electron chi connectivity index (χ3n) is 4.14. The first-order valence-corrected chi connectivity index (χ1v) is 7.57. The number of fused-ring (bicyclic) bond motifs is 1. The Morgan fingerprint density at radius 3 is 3.05 bits per heavy atom. The monoisotopic (exact) mass is 299 g/mol. The van der Waals surface area contributed by atoms with Crippen molar-refractivity contribution in [1.29, 1.82) is 0 Å². The van der Waals surface area contributed by atoms with Gasteiger partial charge >= 0.3 is 0 Å². The van der Waals surface area contributed by atoms with Crippen LogP contribution in [0.25, 0.3) is 11.0 Å². The van der Waals surface area contributed by atoms with Crippen molar-refractivity contribution in [3.8, 4) is 0 Å². The summed E-state index contributed by atoms with van der Waals surface area (Å²) in [7, 11) is 1.65. The second-order valence-electron chi connectivity index (χ2n) is 5.59. The summed E-state index contributed by atoms with van der Waals surface area (Å²) >= 11 is 0. The fraction of sp³-hybridized carbons (Fsp3) is 0.412. The standard InChI is InChI=1S/C17H21N3O2/c1-3-8-20-15-7-5-4-6-14(15)18-17(20)13-11-16(21)19(12-13)9-10-22-2/h3-7,13H,1,8-12H2,2H3/t13-/m0/s1. The molecule has 1 fully saturated rings. The van der Waals surface area contributed by atoms with Crippen molar-refractivity contribution in [3.63, 3.8) is 0 Å². The Hall–Kier alpha value is -2.14. The molecule has 2 heterocycles. The SMILES string of the molecule is C=CCn1c([C@H]2CC(=O)N(CCOC)C2)nc2ccccc21. The van der Waals surface area contributed by atoms with E-state index in [2.05, 4.69) is 17.2 Å². The summed E-state index contributed by atoms with van der Waals surface area (Å²) < 4.78 is 7.24. The molecule has 0 unspecified atom stereocenters. The van der Waals surface area contributed by atoms with Crippen LogP contribution >= 0.6 is 0 Å². The van der Waals surface area contributed by atoms with E-state index in [-0.39, 0.29) is 11.8 Å². The van der Waals surface area contributed by atoms with Crippen molar-refractivity contribution in [3.05, 3.63) is 42.7 Å². The molecule has 5 heteroatoms. The van der Waals surface area contributed by atoms with Crippen LogP contribution in [0.2, 0.25) is 0 Å². The molecule has 3 rings (SSSR count). The lowest BCUT2D eigenvalue weighted by Gasteiger charge is -2.16. The molecule has 1 aromatic carbocycles. The number of allylic oxidation sites excluding steroid dienone is 1. The van der Waals surface area contributed by atoms with E-state index in [1.165, 1.54) is 0 Å². The number of ether oxygens (including phenoxy) is 1. The van der Waals surface area contributed by atoms with Gasteiger partial charge in [0.2, 0.25) is 5.91 Å². The number of nitrogens with zero attached hydrogens (tertiary/aromatic N) is 3. The van der Waals surface area contributed by atoms with Gasteiger partial charge in [0.05, 0.1) is 17.6 Å². The fourth-order valence-electron chi connectivity index (χ4n) is 3.09. The molecule has 1 atom stereocenters. The highest BCUT2D eigenvalue weighted by molar-refractivity contribution is 5.80. The average Bonchev–Trinajstić information content (AvgIpc) is 3.07. The lowest BCUT2D eigenvalue weighted by Crippen LogP contribution is -2.28. The van der Waals surface area contributed by atoms with E-state index in [0.717, 1.165) is 16.9 Å². The van der Waals surface area contributed by atoms with Gasteiger partial charge in [-0.15, -0.1) is 6.58 Å². The van der Waals surface area contributed by atoms with Crippen molar-refractivity contribution >= 4 is 16.9 Å². The van der Waals surface area contributed by atoms with Gasteiger partial charge in [-0.05, 0) is 12.1 Å². The number of rotatable bonds is 6. The highest BCUT2D eigenvalue weighted by atomic mass is 16.5. The van der Waals surface area contributed by atoms with Crippen LogP contribution < -0.4 is 0 Å². The second kappa shape index (κ2) is 6.32. The van der Waals surface area contributed by atoms with E-state index in [1.54, 1.807) is 7.11 Å². The van der Waals surface area contributed by atoms with Crippen molar-refractivity contribution < 1.29 is 9.53 Å². The Morgan fingerprint density at radius 2 is 2.27 bits per heavy atom. The van der Waals surface area contributed by atoms with Gasteiger partial charge in [0.25, 0.3) is 0 Å². The number of imidazole rings is 1. The molecule has 0 spiro atoms. The van der Waals surface area contributed by atoms with Gasteiger partial charge in [0.15, 0.2) is 0 Å². The lowest BCUT2D eigenvalue weighted by molar-refractivity contribution is -0.128. The molecule has 22 heavy (non-hydrogen) atoms. The van der Waals surface area contributed by atoms with Crippen LogP contribution in [0.1, 0.15) is 18.2 Å². The van der Waals surface area contributed by atoms with E-state index >= 15 is 0 Å². The minimum Gasteiger partial charge on any atom is -0.383 e.